The summed E-state index contributed by atoms with van der Waals surface area (Å²) in [5.74, 6) is 1.65. The Morgan fingerprint density at radius 1 is 1.07 bits per heavy atom. The molecule has 2 heterocycles. The van der Waals surface area contributed by atoms with E-state index in [1.54, 1.807) is 6.07 Å². The van der Waals surface area contributed by atoms with E-state index in [-0.39, 0.29) is 24.4 Å². The highest BCUT2D eigenvalue weighted by molar-refractivity contribution is 5.93. The Bertz CT molecular complexity index is 1010. The van der Waals surface area contributed by atoms with Crippen LogP contribution in [-0.2, 0) is 6.42 Å². The van der Waals surface area contributed by atoms with Gasteiger partial charge < -0.3 is 19.3 Å². The Balaban J connectivity index is 1.35. The first-order valence-corrected chi connectivity index (χ1v) is 9.03. The topological polar surface area (TPSA) is 73.6 Å². The van der Waals surface area contributed by atoms with E-state index in [0.717, 1.165) is 24.8 Å². The molecule has 5 rings (SSSR count). The van der Waals surface area contributed by atoms with E-state index in [9.17, 15) is 4.79 Å². The lowest BCUT2D eigenvalue weighted by molar-refractivity contribution is 0.0923. The van der Waals surface area contributed by atoms with E-state index in [1.165, 1.54) is 11.1 Å². The minimum atomic E-state index is -0.229. The highest BCUT2D eigenvalue weighted by atomic mass is 16.7. The summed E-state index contributed by atoms with van der Waals surface area (Å²) in [4.78, 5) is 12.7. The molecular formula is C21H18N2O4. The number of carbonyl (C=O) groups is 1. The number of amides is 1. The lowest BCUT2D eigenvalue weighted by Crippen LogP contribution is -2.31. The summed E-state index contributed by atoms with van der Waals surface area (Å²) in [6.07, 6.45) is 3.04. The van der Waals surface area contributed by atoms with Gasteiger partial charge in [-0.2, -0.15) is 0 Å². The second kappa shape index (κ2) is 6.46. The largest absolute Gasteiger partial charge is 0.454 e. The molecule has 1 N–H and O–H groups in total. The van der Waals surface area contributed by atoms with Crippen molar-refractivity contribution in [3.63, 3.8) is 0 Å². The molecule has 0 saturated carbocycles. The second-order valence-electron chi connectivity index (χ2n) is 6.76. The van der Waals surface area contributed by atoms with Crippen molar-refractivity contribution in [3.05, 3.63) is 65.4 Å². The van der Waals surface area contributed by atoms with E-state index in [2.05, 4.69) is 22.6 Å². The van der Waals surface area contributed by atoms with Crippen LogP contribution in [-0.4, -0.2) is 17.9 Å². The van der Waals surface area contributed by atoms with Crippen molar-refractivity contribution in [1.29, 1.82) is 0 Å². The van der Waals surface area contributed by atoms with Crippen LogP contribution in [0.5, 0.6) is 11.5 Å². The molecule has 0 unspecified atom stereocenters. The van der Waals surface area contributed by atoms with Crippen LogP contribution in [0.25, 0.3) is 11.3 Å². The fourth-order valence-electron chi connectivity index (χ4n) is 3.70. The third-order valence-electron chi connectivity index (χ3n) is 5.07. The van der Waals surface area contributed by atoms with Gasteiger partial charge in [-0.15, -0.1) is 0 Å². The minimum Gasteiger partial charge on any atom is -0.454 e. The number of hydrogen-bond acceptors (Lipinski definition) is 5. The van der Waals surface area contributed by atoms with Crippen molar-refractivity contribution in [2.75, 3.05) is 6.79 Å². The molecule has 0 fully saturated rings. The Morgan fingerprint density at radius 3 is 2.93 bits per heavy atom. The summed E-state index contributed by atoms with van der Waals surface area (Å²) in [6.45, 7) is 0.214. The molecule has 1 amide bonds. The van der Waals surface area contributed by atoms with Crippen LogP contribution >= 0.6 is 0 Å². The zero-order chi connectivity index (χ0) is 18.2. The van der Waals surface area contributed by atoms with E-state index in [0.29, 0.717) is 17.3 Å². The number of benzene rings is 2. The first kappa shape index (κ1) is 15.9. The monoisotopic (exact) mass is 362 g/mol. The Morgan fingerprint density at radius 2 is 1.96 bits per heavy atom. The SMILES string of the molecule is O=C(N[C@H]1CCCc2ccccc21)c1cc(-c2ccc3c(c2)OCO3)on1. The molecule has 1 aliphatic carbocycles. The summed E-state index contributed by atoms with van der Waals surface area (Å²) in [5, 5.41) is 7.04. The average molecular weight is 362 g/mol. The second-order valence-corrected chi connectivity index (χ2v) is 6.76. The van der Waals surface area contributed by atoms with Crippen molar-refractivity contribution in [2.45, 2.75) is 25.3 Å². The maximum Gasteiger partial charge on any atom is 0.273 e. The molecule has 136 valence electrons. The van der Waals surface area contributed by atoms with E-state index in [4.69, 9.17) is 14.0 Å². The van der Waals surface area contributed by atoms with Crippen molar-refractivity contribution < 1.29 is 18.8 Å². The summed E-state index contributed by atoms with van der Waals surface area (Å²) in [7, 11) is 0. The summed E-state index contributed by atoms with van der Waals surface area (Å²) < 4.78 is 16.1. The number of carbonyl (C=O) groups excluding carboxylic acids is 1. The van der Waals surface area contributed by atoms with Crippen LogP contribution in [0, 0.1) is 0 Å². The number of nitrogens with one attached hydrogen (secondary N) is 1. The molecule has 27 heavy (non-hydrogen) atoms. The van der Waals surface area contributed by atoms with Gasteiger partial charge in [-0.3, -0.25) is 4.79 Å². The van der Waals surface area contributed by atoms with Crippen molar-refractivity contribution in [2.24, 2.45) is 0 Å². The van der Waals surface area contributed by atoms with Gasteiger partial charge >= 0.3 is 0 Å². The minimum absolute atomic E-state index is 0.00754. The van der Waals surface area contributed by atoms with Gasteiger partial charge in [0.25, 0.3) is 5.91 Å². The number of aryl methyl sites for hydroxylation is 1. The van der Waals surface area contributed by atoms with Gasteiger partial charge in [0.1, 0.15) is 0 Å². The standard InChI is InChI=1S/C21H18N2O4/c24-21(22-16-7-3-5-13-4-1-2-6-15(13)16)17-11-19(27-23-17)14-8-9-18-20(10-14)26-12-25-18/h1-2,4,6,8-11,16H,3,5,7,12H2,(H,22,24)/t16-/m0/s1. The van der Waals surface area contributed by atoms with Gasteiger partial charge in [-0.25, -0.2) is 0 Å². The van der Waals surface area contributed by atoms with Gasteiger partial charge in [-0.1, -0.05) is 29.4 Å². The van der Waals surface area contributed by atoms with Crippen molar-refractivity contribution in [1.82, 2.24) is 10.5 Å². The molecule has 6 nitrogen and oxygen atoms in total. The number of ether oxygens (including phenoxy) is 2. The molecule has 2 aliphatic rings. The maximum atomic E-state index is 12.7. The molecule has 0 spiro atoms. The first-order valence-electron chi connectivity index (χ1n) is 9.03. The van der Waals surface area contributed by atoms with Gasteiger partial charge in [0.05, 0.1) is 6.04 Å². The predicted molar refractivity (Wildman–Crippen MR) is 97.6 cm³/mol. The molecule has 0 bridgehead atoms. The van der Waals surface area contributed by atoms with Crippen LogP contribution in [0.15, 0.2) is 53.1 Å². The van der Waals surface area contributed by atoms with Gasteiger partial charge in [0.2, 0.25) is 6.79 Å². The fourth-order valence-corrected chi connectivity index (χ4v) is 3.70. The van der Waals surface area contributed by atoms with E-state index in [1.807, 2.05) is 30.3 Å². The lowest BCUT2D eigenvalue weighted by Gasteiger charge is -2.25. The third-order valence-corrected chi connectivity index (χ3v) is 5.07. The van der Waals surface area contributed by atoms with Crippen molar-refractivity contribution in [3.8, 4) is 22.8 Å². The number of aromatic nitrogens is 1. The third kappa shape index (κ3) is 2.93. The van der Waals surface area contributed by atoms with Crippen LogP contribution in [0.4, 0.5) is 0 Å². The highest BCUT2D eigenvalue weighted by Crippen LogP contribution is 2.36. The molecule has 3 aromatic rings. The Labute approximate surface area is 156 Å². The number of hydrogen-bond donors (Lipinski definition) is 1. The van der Waals surface area contributed by atoms with Gasteiger partial charge in [0.15, 0.2) is 23.0 Å². The number of nitrogens with zero attached hydrogens (tertiary/aromatic N) is 1. The summed E-state index contributed by atoms with van der Waals surface area (Å²) in [6, 6.07) is 15.4. The van der Waals surface area contributed by atoms with E-state index < -0.39 is 0 Å². The van der Waals surface area contributed by atoms with Gasteiger partial charge in [0, 0.05) is 11.6 Å². The summed E-state index contributed by atoms with van der Waals surface area (Å²) >= 11 is 0. The Kier molecular flexibility index (Phi) is 3.81. The molecule has 2 aromatic carbocycles. The molecule has 1 aliphatic heterocycles. The van der Waals surface area contributed by atoms with Crippen LogP contribution < -0.4 is 14.8 Å². The van der Waals surface area contributed by atoms with Crippen LogP contribution in [0.1, 0.15) is 40.5 Å². The number of fused-ring (bicyclic) bond motifs is 2. The maximum absolute atomic E-state index is 12.7. The van der Waals surface area contributed by atoms with Crippen molar-refractivity contribution >= 4 is 5.91 Å². The molecule has 0 radical (unpaired) electrons. The van der Waals surface area contributed by atoms with Gasteiger partial charge in [-0.05, 0) is 48.6 Å². The molecule has 6 heteroatoms. The normalized spacial score (nSPS) is 17.4. The van der Waals surface area contributed by atoms with Crippen LogP contribution in [0.3, 0.4) is 0 Å². The van der Waals surface area contributed by atoms with Crippen LogP contribution in [0.2, 0.25) is 0 Å². The fraction of sp³-hybridized carbons (Fsp3) is 0.238. The Hall–Kier alpha value is -3.28. The number of rotatable bonds is 3. The summed E-state index contributed by atoms with van der Waals surface area (Å²) in [5.41, 5.74) is 3.55. The average Bonchev–Trinajstić information content (AvgIpc) is 3.37. The zero-order valence-corrected chi connectivity index (χ0v) is 14.6. The molecule has 1 aromatic heterocycles. The quantitative estimate of drug-likeness (QED) is 0.765. The molecule has 1 atom stereocenters. The smallest absolute Gasteiger partial charge is 0.273 e. The molecular weight excluding hydrogens is 344 g/mol. The molecule has 0 saturated heterocycles. The predicted octanol–water partition coefficient (Wildman–Crippen LogP) is 3.88. The first-order chi connectivity index (χ1) is 13.3. The highest BCUT2D eigenvalue weighted by Gasteiger charge is 2.24. The zero-order valence-electron chi connectivity index (χ0n) is 14.6. The van der Waals surface area contributed by atoms with E-state index >= 15 is 0 Å². The lowest BCUT2D eigenvalue weighted by atomic mass is 9.87.